The zero-order valence-electron chi connectivity index (χ0n) is 16.5. The lowest BCUT2D eigenvalue weighted by Gasteiger charge is -2.11. The van der Waals surface area contributed by atoms with Crippen LogP contribution in [0.3, 0.4) is 0 Å². The molecule has 1 aromatic carbocycles. The maximum absolute atomic E-state index is 12.9. The Hall–Kier alpha value is -2.38. The smallest absolute Gasteiger partial charge is 0.263 e. The van der Waals surface area contributed by atoms with E-state index >= 15 is 0 Å². The van der Waals surface area contributed by atoms with Crippen LogP contribution < -0.4 is 10.9 Å². The van der Waals surface area contributed by atoms with E-state index in [0.717, 1.165) is 26.5 Å². The lowest BCUT2D eigenvalue weighted by atomic mass is 10.1. The first-order valence-corrected chi connectivity index (χ1v) is 10.7. The number of thioether (sulfide) groups is 1. The third kappa shape index (κ3) is 4.05. The Morgan fingerprint density at radius 3 is 2.71 bits per heavy atom. The molecule has 5 nitrogen and oxygen atoms in total. The van der Waals surface area contributed by atoms with Gasteiger partial charge in [0.25, 0.3) is 5.56 Å². The summed E-state index contributed by atoms with van der Waals surface area (Å²) in [5.74, 6) is 0.0389. The average molecular weight is 414 g/mol. The molecule has 0 aliphatic carbocycles. The van der Waals surface area contributed by atoms with Crippen LogP contribution in [-0.2, 0) is 11.3 Å². The van der Waals surface area contributed by atoms with E-state index < -0.39 is 0 Å². The summed E-state index contributed by atoms with van der Waals surface area (Å²) >= 11 is 2.77. The van der Waals surface area contributed by atoms with E-state index in [0.29, 0.717) is 17.1 Å². The van der Waals surface area contributed by atoms with Gasteiger partial charge in [-0.25, -0.2) is 4.98 Å². The van der Waals surface area contributed by atoms with Crippen LogP contribution in [0.25, 0.3) is 10.2 Å². The second-order valence-electron chi connectivity index (χ2n) is 6.70. The molecule has 0 saturated carbocycles. The first-order chi connectivity index (χ1) is 13.3. The van der Waals surface area contributed by atoms with Crippen LogP contribution in [0.1, 0.15) is 21.6 Å². The fraction of sp³-hybridized carbons (Fsp3) is 0.286. The van der Waals surface area contributed by atoms with Crippen LogP contribution in [0, 0.1) is 27.7 Å². The molecular weight excluding hydrogens is 390 g/mol. The molecule has 1 amide bonds. The summed E-state index contributed by atoms with van der Waals surface area (Å²) in [7, 11) is 0. The highest BCUT2D eigenvalue weighted by Gasteiger charge is 2.17. The van der Waals surface area contributed by atoms with Gasteiger partial charge in [0.05, 0.1) is 11.1 Å². The number of fused-ring (bicyclic) bond motifs is 1. The summed E-state index contributed by atoms with van der Waals surface area (Å²) in [6.07, 6.45) is 1.67. The predicted molar refractivity (Wildman–Crippen MR) is 119 cm³/mol. The number of aryl methyl sites for hydroxylation is 4. The second-order valence-corrected chi connectivity index (χ2v) is 8.84. The van der Waals surface area contributed by atoms with E-state index in [4.69, 9.17) is 0 Å². The number of hydrogen-bond donors (Lipinski definition) is 1. The summed E-state index contributed by atoms with van der Waals surface area (Å²) in [5.41, 5.74) is 3.97. The van der Waals surface area contributed by atoms with Crippen LogP contribution in [0.5, 0.6) is 0 Å². The number of carbonyl (C=O) groups excluding carboxylic acids is 1. The van der Waals surface area contributed by atoms with Crippen molar-refractivity contribution >= 4 is 44.9 Å². The van der Waals surface area contributed by atoms with Crippen molar-refractivity contribution in [3.8, 4) is 0 Å². The first-order valence-electron chi connectivity index (χ1n) is 8.93. The Labute approximate surface area is 172 Å². The topological polar surface area (TPSA) is 64.0 Å². The van der Waals surface area contributed by atoms with E-state index in [1.54, 1.807) is 10.6 Å². The zero-order valence-corrected chi connectivity index (χ0v) is 18.1. The first kappa shape index (κ1) is 20.4. The van der Waals surface area contributed by atoms with Gasteiger partial charge in [0, 0.05) is 17.1 Å². The van der Waals surface area contributed by atoms with Crippen molar-refractivity contribution in [3.63, 3.8) is 0 Å². The number of nitrogens with zero attached hydrogens (tertiary/aromatic N) is 2. The summed E-state index contributed by atoms with van der Waals surface area (Å²) in [5, 5.41) is 4.10. The van der Waals surface area contributed by atoms with Crippen molar-refractivity contribution in [2.24, 2.45) is 0 Å². The molecular formula is C21H23N3O2S2. The third-order valence-electron chi connectivity index (χ3n) is 4.69. The van der Waals surface area contributed by atoms with E-state index in [9.17, 15) is 9.59 Å². The molecule has 1 N–H and O–H groups in total. The molecule has 0 saturated heterocycles. The minimum atomic E-state index is -0.133. The zero-order chi connectivity index (χ0) is 20.4. The van der Waals surface area contributed by atoms with Crippen LogP contribution in [0.2, 0.25) is 0 Å². The van der Waals surface area contributed by atoms with Crippen LogP contribution in [-0.4, -0.2) is 21.2 Å². The molecule has 0 aliphatic heterocycles. The molecule has 3 rings (SSSR count). The lowest BCUT2D eigenvalue weighted by molar-refractivity contribution is -0.113. The maximum atomic E-state index is 12.9. The van der Waals surface area contributed by atoms with E-state index in [1.165, 1.54) is 28.7 Å². The molecule has 3 aromatic rings. The normalized spacial score (nSPS) is 11.0. The largest absolute Gasteiger partial charge is 0.325 e. The molecule has 28 heavy (non-hydrogen) atoms. The summed E-state index contributed by atoms with van der Waals surface area (Å²) in [6.45, 7) is 12.1. The van der Waals surface area contributed by atoms with Gasteiger partial charge in [-0.2, -0.15) is 0 Å². The molecule has 146 valence electrons. The minimum absolute atomic E-state index is 0.0798. The SMILES string of the molecule is C=CCn1c(SCC(=O)Nc2ccc(C)c(C)c2)nc2sc(C)c(C)c2c1=O. The minimum Gasteiger partial charge on any atom is -0.325 e. The number of anilines is 1. The maximum Gasteiger partial charge on any atom is 0.263 e. The quantitative estimate of drug-likeness (QED) is 0.364. The molecule has 0 radical (unpaired) electrons. The highest BCUT2D eigenvalue weighted by molar-refractivity contribution is 7.99. The van der Waals surface area contributed by atoms with Gasteiger partial charge in [0.15, 0.2) is 5.16 Å². The van der Waals surface area contributed by atoms with E-state index in [2.05, 4.69) is 16.9 Å². The molecule has 2 aromatic heterocycles. The summed E-state index contributed by atoms with van der Waals surface area (Å²) < 4.78 is 1.59. The number of thiophene rings is 1. The fourth-order valence-corrected chi connectivity index (χ4v) is 4.73. The van der Waals surface area contributed by atoms with Gasteiger partial charge in [-0.05, 0) is 56.5 Å². The highest BCUT2D eigenvalue weighted by Crippen LogP contribution is 2.28. The van der Waals surface area contributed by atoms with Crippen molar-refractivity contribution in [2.75, 3.05) is 11.1 Å². The second kappa shape index (κ2) is 8.32. The number of nitrogens with one attached hydrogen (secondary N) is 1. The van der Waals surface area contributed by atoms with Gasteiger partial charge in [0.1, 0.15) is 4.83 Å². The molecule has 7 heteroatoms. The number of amides is 1. The van der Waals surface area contributed by atoms with Crippen molar-refractivity contribution < 1.29 is 4.79 Å². The molecule has 0 unspecified atom stereocenters. The van der Waals surface area contributed by atoms with Gasteiger partial charge in [-0.1, -0.05) is 23.9 Å². The molecule has 0 bridgehead atoms. The van der Waals surface area contributed by atoms with Crippen molar-refractivity contribution in [1.29, 1.82) is 0 Å². The fourth-order valence-electron chi connectivity index (χ4n) is 2.86. The highest BCUT2D eigenvalue weighted by atomic mass is 32.2. The number of carbonyl (C=O) groups is 1. The van der Waals surface area contributed by atoms with Crippen LogP contribution >= 0.6 is 23.1 Å². The Bertz CT molecular complexity index is 1130. The lowest BCUT2D eigenvalue weighted by Crippen LogP contribution is -2.23. The van der Waals surface area contributed by atoms with Crippen molar-refractivity contribution in [1.82, 2.24) is 9.55 Å². The summed E-state index contributed by atoms with van der Waals surface area (Å²) in [6, 6.07) is 5.82. The summed E-state index contributed by atoms with van der Waals surface area (Å²) in [4.78, 5) is 31.8. The number of allylic oxidation sites excluding steroid dienone is 1. The monoisotopic (exact) mass is 413 g/mol. The Kier molecular flexibility index (Phi) is 6.05. The van der Waals surface area contributed by atoms with Crippen LogP contribution in [0.15, 0.2) is 40.8 Å². The average Bonchev–Trinajstić information content (AvgIpc) is 2.93. The molecule has 0 fully saturated rings. The Morgan fingerprint density at radius 1 is 1.29 bits per heavy atom. The third-order valence-corrected chi connectivity index (χ3v) is 6.77. The van der Waals surface area contributed by atoms with Gasteiger partial charge in [-0.15, -0.1) is 17.9 Å². The van der Waals surface area contributed by atoms with Gasteiger partial charge in [0.2, 0.25) is 5.91 Å². The van der Waals surface area contributed by atoms with Crippen molar-refractivity contribution in [2.45, 2.75) is 39.4 Å². The van der Waals surface area contributed by atoms with Crippen LogP contribution in [0.4, 0.5) is 5.69 Å². The van der Waals surface area contributed by atoms with Crippen molar-refractivity contribution in [3.05, 3.63) is 62.8 Å². The number of aromatic nitrogens is 2. The Balaban J connectivity index is 1.83. The predicted octanol–water partition coefficient (Wildman–Crippen LogP) is 4.61. The number of benzene rings is 1. The molecule has 0 aliphatic rings. The van der Waals surface area contributed by atoms with E-state index in [1.807, 2.05) is 45.9 Å². The molecule has 2 heterocycles. The molecule has 0 spiro atoms. The Morgan fingerprint density at radius 2 is 2.04 bits per heavy atom. The number of rotatable bonds is 6. The molecule has 0 atom stereocenters. The van der Waals surface area contributed by atoms with Gasteiger partial charge >= 0.3 is 0 Å². The standard InChI is InChI=1S/C21H23N3O2S2/c1-6-9-24-20(26)18-14(4)15(5)28-19(18)23-21(24)27-11-17(25)22-16-8-7-12(2)13(3)10-16/h6-8,10H,1,9,11H2,2-5H3,(H,22,25). The van der Waals surface area contributed by atoms with Gasteiger partial charge < -0.3 is 5.32 Å². The van der Waals surface area contributed by atoms with Gasteiger partial charge in [-0.3, -0.25) is 14.2 Å². The number of hydrogen-bond acceptors (Lipinski definition) is 5. The van der Waals surface area contributed by atoms with E-state index in [-0.39, 0.29) is 17.2 Å².